The number of benzene rings is 2. The first-order valence-electron chi connectivity index (χ1n) is 7.02. The van der Waals surface area contributed by atoms with Crippen LogP contribution < -0.4 is 10.5 Å². The van der Waals surface area contributed by atoms with Crippen LogP contribution in [0, 0.1) is 20.8 Å². The molecule has 2 nitrogen and oxygen atoms in total. The zero-order valence-electron chi connectivity index (χ0n) is 12.7. The molecule has 2 aromatic rings. The third-order valence-corrected chi connectivity index (χ3v) is 3.33. The number of hydrogen-bond donors (Lipinski definition) is 1. The average Bonchev–Trinajstić information content (AvgIpc) is 2.36. The molecular formula is C18H23NO. The molecule has 0 radical (unpaired) electrons. The number of nitrogens with two attached hydrogens (primary N) is 1. The molecule has 0 saturated carbocycles. The Hall–Kier alpha value is -1.80. The lowest BCUT2D eigenvalue weighted by atomic mass is 10.0. The van der Waals surface area contributed by atoms with Crippen LogP contribution >= 0.6 is 0 Å². The summed E-state index contributed by atoms with van der Waals surface area (Å²) in [6, 6.07) is 12.6. The Morgan fingerprint density at radius 3 is 2.20 bits per heavy atom. The van der Waals surface area contributed by atoms with E-state index in [1.807, 2.05) is 13.0 Å². The Morgan fingerprint density at radius 2 is 1.60 bits per heavy atom. The second-order valence-electron chi connectivity index (χ2n) is 5.61. The minimum atomic E-state index is -0.0239. The van der Waals surface area contributed by atoms with E-state index in [9.17, 15) is 0 Å². The molecule has 0 aliphatic rings. The summed E-state index contributed by atoms with van der Waals surface area (Å²) >= 11 is 0. The Labute approximate surface area is 121 Å². The van der Waals surface area contributed by atoms with Crippen LogP contribution in [0.2, 0.25) is 0 Å². The maximum atomic E-state index is 6.02. The fourth-order valence-corrected chi connectivity index (χ4v) is 2.47. The van der Waals surface area contributed by atoms with Crippen LogP contribution in [0.15, 0.2) is 36.4 Å². The van der Waals surface area contributed by atoms with E-state index in [0.29, 0.717) is 6.61 Å². The van der Waals surface area contributed by atoms with E-state index >= 15 is 0 Å². The highest BCUT2D eigenvalue weighted by Gasteiger charge is 2.08. The summed E-state index contributed by atoms with van der Waals surface area (Å²) in [5, 5.41) is 0. The van der Waals surface area contributed by atoms with Gasteiger partial charge in [0.2, 0.25) is 0 Å². The molecule has 1 atom stereocenters. The van der Waals surface area contributed by atoms with Crippen LogP contribution in [0.5, 0.6) is 5.75 Å². The zero-order valence-corrected chi connectivity index (χ0v) is 12.7. The molecule has 0 spiro atoms. The van der Waals surface area contributed by atoms with Crippen LogP contribution in [0.3, 0.4) is 0 Å². The molecule has 2 aromatic carbocycles. The maximum Gasteiger partial charge on any atom is 0.124 e. The molecule has 0 fully saturated rings. The van der Waals surface area contributed by atoms with Gasteiger partial charge in [-0.05, 0) is 39.3 Å². The van der Waals surface area contributed by atoms with Crippen LogP contribution in [0.1, 0.15) is 40.8 Å². The molecule has 0 aliphatic heterocycles. The molecule has 20 heavy (non-hydrogen) atoms. The van der Waals surface area contributed by atoms with Crippen molar-refractivity contribution in [1.82, 2.24) is 0 Å². The SMILES string of the molecule is Cc1cc(C)cc(COc2ccc(C)cc2[C@@H](C)N)c1. The number of ether oxygens (including phenoxy) is 1. The smallest absolute Gasteiger partial charge is 0.124 e. The average molecular weight is 269 g/mol. The van der Waals surface area contributed by atoms with Gasteiger partial charge in [0.1, 0.15) is 12.4 Å². The summed E-state index contributed by atoms with van der Waals surface area (Å²) in [4.78, 5) is 0. The third-order valence-electron chi connectivity index (χ3n) is 3.33. The van der Waals surface area contributed by atoms with Crippen molar-refractivity contribution in [2.45, 2.75) is 40.3 Å². The first kappa shape index (κ1) is 14.6. The first-order chi connectivity index (χ1) is 9.45. The second kappa shape index (κ2) is 6.10. The van der Waals surface area contributed by atoms with Crippen LogP contribution in [-0.2, 0) is 6.61 Å². The van der Waals surface area contributed by atoms with Crippen molar-refractivity contribution in [2.24, 2.45) is 5.73 Å². The topological polar surface area (TPSA) is 35.2 Å². The normalized spacial score (nSPS) is 12.2. The van der Waals surface area contributed by atoms with E-state index in [-0.39, 0.29) is 6.04 Å². The van der Waals surface area contributed by atoms with Crippen molar-refractivity contribution in [2.75, 3.05) is 0 Å². The molecule has 0 bridgehead atoms. The van der Waals surface area contributed by atoms with Crippen LogP contribution in [0.4, 0.5) is 0 Å². The highest BCUT2D eigenvalue weighted by atomic mass is 16.5. The van der Waals surface area contributed by atoms with Crippen LogP contribution in [0.25, 0.3) is 0 Å². The van der Waals surface area contributed by atoms with Gasteiger partial charge in [0.25, 0.3) is 0 Å². The summed E-state index contributed by atoms with van der Waals surface area (Å²) < 4.78 is 5.97. The first-order valence-corrected chi connectivity index (χ1v) is 7.02. The van der Waals surface area contributed by atoms with Crippen molar-refractivity contribution in [3.8, 4) is 5.75 Å². The molecule has 2 heteroatoms. The number of aryl methyl sites for hydroxylation is 3. The van der Waals surface area contributed by atoms with E-state index in [2.05, 4.69) is 51.1 Å². The molecule has 0 aromatic heterocycles. The summed E-state index contributed by atoms with van der Waals surface area (Å²) in [7, 11) is 0. The van der Waals surface area contributed by atoms with Gasteiger partial charge in [-0.2, -0.15) is 0 Å². The molecule has 0 heterocycles. The number of hydrogen-bond acceptors (Lipinski definition) is 2. The molecule has 2 N–H and O–H groups in total. The largest absolute Gasteiger partial charge is 0.489 e. The second-order valence-corrected chi connectivity index (χ2v) is 5.61. The minimum absolute atomic E-state index is 0.0239. The molecule has 0 aliphatic carbocycles. The monoisotopic (exact) mass is 269 g/mol. The van der Waals surface area contributed by atoms with Gasteiger partial charge in [-0.25, -0.2) is 0 Å². The summed E-state index contributed by atoms with van der Waals surface area (Å²) in [5.41, 5.74) is 12.0. The van der Waals surface area contributed by atoms with Gasteiger partial charge < -0.3 is 10.5 Å². The zero-order chi connectivity index (χ0) is 14.7. The van der Waals surface area contributed by atoms with Crippen molar-refractivity contribution in [1.29, 1.82) is 0 Å². The van der Waals surface area contributed by atoms with Crippen molar-refractivity contribution >= 4 is 0 Å². The van der Waals surface area contributed by atoms with E-state index in [1.165, 1.54) is 22.3 Å². The Morgan fingerprint density at radius 1 is 0.950 bits per heavy atom. The summed E-state index contributed by atoms with van der Waals surface area (Å²) in [6.07, 6.45) is 0. The molecule has 0 unspecified atom stereocenters. The lowest BCUT2D eigenvalue weighted by molar-refractivity contribution is 0.301. The predicted octanol–water partition coefficient (Wildman–Crippen LogP) is 4.21. The van der Waals surface area contributed by atoms with E-state index in [0.717, 1.165) is 11.3 Å². The van der Waals surface area contributed by atoms with Gasteiger partial charge in [-0.3, -0.25) is 0 Å². The number of rotatable bonds is 4. The Bertz CT molecular complexity index is 582. The van der Waals surface area contributed by atoms with Gasteiger partial charge >= 0.3 is 0 Å². The minimum Gasteiger partial charge on any atom is -0.489 e. The molecular weight excluding hydrogens is 246 g/mol. The quantitative estimate of drug-likeness (QED) is 0.902. The van der Waals surface area contributed by atoms with E-state index < -0.39 is 0 Å². The molecule has 106 valence electrons. The lowest BCUT2D eigenvalue weighted by Gasteiger charge is -2.15. The fourth-order valence-electron chi connectivity index (χ4n) is 2.47. The van der Waals surface area contributed by atoms with E-state index in [4.69, 9.17) is 10.5 Å². The molecule has 2 rings (SSSR count). The Kier molecular flexibility index (Phi) is 4.46. The van der Waals surface area contributed by atoms with Crippen LogP contribution in [-0.4, -0.2) is 0 Å². The fraction of sp³-hybridized carbons (Fsp3) is 0.333. The predicted molar refractivity (Wildman–Crippen MR) is 84.0 cm³/mol. The van der Waals surface area contributed by atoms with E-state index in [1.54, 1.807) is 0 Å². The molecule has 0 amide bonds. The summed E-state index contributed by atoms with van der Waals surface area (Å²) in [6.45, 7) is 8.84. The highest BCUT2D eigenvalue weighted by Crippen LogP contribution is 2.26. The van der Waals surface area contributed by atoms with Gasteiger partial charge in [-0.1, -0.05) is 47.0 Å². The third kappa shape index (κ3) is 3.61. The lowest BCUT2D eigenvalue weighted by Crippen LogP contribution is -2.08. The van der Waals surface area contributed by atoms with Gasteiger partial charge in [-0.15, -0.1) is 0 Å². The summed E-state index contributed by atoms with van der Waals surface area (Å²) in [5.74, 6) is 0.879. The van der Waals surface area contributed by atoms with Gasteiger partial charge in [0, 0.05) is 11.6 Å². The standard InChI is InChI=1S/C18H23NO/c1-12-5-6-18(17(10-12)15(4)19)20-11-16-8-13(2)7-14(3)9-16/h5-10,15H,11,19H2,1-4H3/t15-/m1/s1. The van der Waals surface area contributed by atoms with Crippen molar-refractivity contribution in [3.63, 3.8) is 0 Å². The van der Waals surface area contributed by atoms with Gasteiger partial charge in [0.05, 0.1) is 0 Å². The van der Waals surface area contributed by atoms with Crippen molar-refractivity contribution < 1.29 is 4.74 Å². The molecule has 0 saturated heterocycles. The highest BCUT2D eigenvalue weighted by molar-refractivity contribution is 5.39. The van der Waals surface area contributed by atoms with Crippen molar-refractivity contribution in [3.05, 3.63) is 64.2 Å². The maximum absolute atomic E-state index is 6.02. The Balaban J connectivity index is 2.18. The van der Waals surface area contributed by atoms with Gasteiger partial charge in [0.15, 0.2) is 0 Å².